The van der Waals surface area contributed by atoms with Gasteiger partial charge < -0.3 is 4.90 Å². The lowest BCUT2D eigenvalue weighted by Crippen LogP contribution is -2.48. The van der Waals surface area contributed by atoms with Crippen LogP contribution in [0.25, 0.3) is 0 Å². The fraction of sp³-hybridized carbons (Fsp3) is 0.789. The standard InChI is InChI=1S/C19H32N2O3S2/c1-13(2)6-7-18-20-17(11-25-18)12-26(23,24)16(5)19(22)21-9-14(3)8-15(4)10-21/h11,13-16H,6-10,12H2,1-5H3. The van der Waals surface area contributed by atoms with Gasteiger partial charge >= 0.3 is 0 Å². The average molecular weight is 401 g/mol. The first-order valence-electron chi connectivity index (χ1n) is 9.52. The van der Waals surface area contributed by atoms with E-state index >= 15 is 0 Å². The molecule has 0 aliphatic carbocycles. The Hall–Kier alpha value is -0.950. The van der Waals surface area contributed by atoms with E-state index in [4.69, 9.17) is 0 Å². The molecule has 3 unspecified atom stereocenters. The van der Waals surface area contributed by atoms with E-state index in [1.54, 1.807) is 4.90 Å². The number of sulfone groups is 1. The second-order valence-electron chi connectivity index (χ2n) is 8.30. The van der Waals surface area contributed by atoms with Gasteiger partial charge in [-0.25, -0.2) is 13.4 Å². The summed E-state index contributed by atoms with van der Waals surface area (Å²) in [7, 11) is -3.56. The third kappa shape index (κ3) is 5.78. The van der Waals surface area contributed by atoms with Crippen molar-refractivity contribution in [2.45, 2.75) is 64.9 Å². The molecule has 1 saturated heterocycles. The van der Waals surface area contributed by atoms with Crippen LogP contribution in [-0.2, 0) is 26.8 Å². The highest BCUT2D eigenvalue weighted by Crippen LogP contribution is 2.24. The summed E-state index contributed by atoms with van der Waals surface area (Å²) in [5.74, 6) is 1.01. The van der Waals surface area contributed by atoms with Crippen molar-refractivity contribution >= 4 is 27.1 Å². The molecular weight excluding hydrogens is 368 g/mol. The van der Waals surface area contributed by atoms with Crippen LogP contribution in [0.2, 0.25) is 0 Å². The first kappa shape index (κ1) is 21.4. The number of rotatable bonds is 7. The lowest BCUT2D eigenvalue weighted by Gasteiger charge is -2.36. The Morgan fingerprint density at radius 1 is 1.27 bits per heavy atom. The van der Waals surface area contributed by atoms with Crippen molar-refractivity contribution in [3.8, 4) is 0 Å². The third-order valence-electron chi connectivity index (χ3n) is 4.95. The van der Waals surface area contributed by atoms with Crippen molar-refractivity contribution in [1.82, 2.24) is 9.88 Å². The Labute approximate surface area is 162 Å². The molecule has 1 aliphatic heterocycles. The molecule has 1 aromatic rings. The van der Waals surface area contributed by atoms with Gasteiger partial charge in [0.25, 0.3) is 0 Å². The molecule has 7 heteroatoms. The molecule has 2 heterocycles. The highest BCUT2D eigenvalue weighted by Gasteiger charge is 2.35. The predicted octanol–water partition coefficient (Wildman–Crippen LogP) is 3.54. The molecule has 1 amide bonds. The Bertz CT molecular complexity index is 702. The van der Waals surface area contributed by atoms with E-state index in [2.05, 4.69) is 32.7 Å². The number of carbonyl (C=O) groups is 1. The van der Waals surface area contributed by atoms with Crippen LogP contribution in [0.4, 0.5) is 0 Å². The van der Waals surface area contributed by atoms with Crippen molar-refractivity contribution in [3.63, 3.8) is 0 Å². The van der Waals surface area contributed by atoms with Gasteiger partial charge in [-0.1, -0.05) is 27.7 Å². The number of hydrogen-bond donors (Lipinski definition) is 0. The Kier molecular flexibility index (Phi) is 7.25. The monoisotopic (exact) mass is 400 g/mol. The number of carbonyl (C=O) groups excluding carboxylic acids is 1. The van der Waals surface area contributed by atoms with Gasteiger partial charge in [-0.2, -0.15) is 0 Å². The maximum absolute atomic E-state index is 12.7. The minimum atomic E-state index is -3.56. The molecule has 5 nitrogen and oxygen atoms in total. The summed E-state index contributed by atoms with van der Waals surface area (Å²) >= 11 is 1.51. The van der Waals surface area contributed by atoms with Crippen molar-refractivity contribution in [1.29, 1.82) is 0 Å². The molecule has 26 heavy (non-hydrogen) atoms. The quantitative estimate of drug-likeness (QED) is 0.702. The van der Waals surface area contributed by atoms with Gasteiger partial charge in [0.15, 0.2) is 9.84 Å². The molecule has 0 bridgehead atoms. The summed E-state index contributed by atoms with van der Waals surface area (Å²) < 4.78 is 25.5. The molecule has 0 saturated carbocycles. The van der Waals surface area contributed by atoms with Crippen molar-refractivity contribution in [2.75, 3.05) is 13.1 Å². The molecule has 1 aliphatic rings. The molecule has 1 aromatic heterocycles. The van der Waals surface area contributed by atoms with E-state index in [1.165, 1.54) is 18.3 Å². The zero-order chi connectivity index (χ0) is 19.5. The minimum absolute atomic E-state index is 0.156. The topological polar surface area (TPSA) is 67.3 Å². The lowest BCUT2D eigenvalue weighted by atomic mass is 9.92. The lowest BCUT2D eigenvalue weighted by molar-refractivity contribution is -0.133. The zero-order valence-corrected chi connectivity index (χ0v) is 18.2. The Morgan fingerprint density at radius 3 is 2.46 bits per heavy atom. The van der Waals surface area contributed by atoms with Crippen LogP contribution >= 0.6 is 11.3 Å². The van der Waals surface area contributed by atoms with Crippen molar-refractivity contribution in [3.05, 3.63) is 16.1 Å². The molecule has 1 fully saturated rings. The van der Waals surface area contributed by atoms with Crippen LogP contribution in [0.3, 0.4) is 0 Å². The maximum Gasteiger partial charge on any atom is 0.240 e. The summed E-state index contributed by atoms with van der Waals surface area (Å²) in [6.45, 7) is 11.4. The van der Waals surface area contributed by atoms with Gasteiger partial charge in [-0.15, -0.1) is 11.3 Å². The van der Waals surface area contributed by atoms with Gasteiger partial charge in [-0.05, 0) is 43.9 Å². The number of aryl methyl sites for hydroxylation is 1. The average Bonchev–Trinajstić information content (AvgIpc) is 2.97. The van der Waals surface area contributed by atoms with Crippen LogP contribution in [-0.4, -0.2) is 42.5 Å². The first-order valence-corrected chi connectivity index (χ1v) is 12.1. The second kappa shape index (κ2) is 8.83. The normalized spacial score (nSPS) is 22.6. The second-order valence-corrected chi connectivity index (χ2v) is 11.6. The van der Waals surface area contributed by atoms with E-state index in [-0.39, 0.29) is 11.7 Å². The summed E-state index contributed by atoms with van der Waals surface area (Å²) in [6.07, 6.45) is 3.00. The van der Waals surface area contributed by atoms with Gasteiger partial charge in [0.1, 0.15) is 5.25 Å². The van der Waals surface area contributed by atoms with E-state index in [0.29, 0.717) is 36.5 Å². The van der Waals surface area contributed by atoms with Crippen LogP contribution < -0.4 is 0 Å². The highest BCUT2D eigenvalue weighted by atomic mass is 32.2. The molecule has 0 aromatic carbocycles. The highest BCUT2D eigenvalue weighted by molar-refractivity contribution is 7.92. The number of aromatic nitrogens is 1. The molecular formula is C19H32N2O3S2. The van der Waals surface area contributed by atoms with Crippen LogP contribution in [0.5, 0.6) is 0 Å². The summed E-state index contributed by atoms with van der Waals surface area (Å²) in [4.78, 5) is 18.9. The van der Waals surface area contributed by atoms with E-state index in [0.717, 1.165) is 24.3 Å². The van der Waals surface area contributed by atoms with Gasteiger partial charge in [0, 0.05) is 18.5 Å². The SMILES string of the molecule is CC(C)CCc1nc(CS(=O)(=O)C(C)C(=O)N2CC(C)CC(C)C2)cs1. The summed E-state index contributed by atoms with van der Waals surface area (Å²) in [5.41, 5.74) is 0.564. The first-order chi connectivity index (χ1) is 12.1. The number of piperidine rings is 1. The molecule has 0 N–H and O–H groups in total. The van der Waals surface area contributed by atoms with E-state index < -0.39 is 15.1 Å². The minimum Gasteiger partial charge on any atom is -0.341 e. The van der Waals surface area contributed by atoms with Gasteiger partial charge in [0.2, 0.25) is 5.91 Å². The predicted molar refractivity (Wildman–Crippen MR) is 107 cm³/mol. The third-order valence-corrected chi connectivity index (χ3v) is 7.89. The number of likely N-dealkylation sites (tertiary alicyclic amines) is 1. The maximum atomic E-state index is 12.7. The summed E-state index contributed by atoms with van der Waals surface area (Å²) in [5, 5.41) is 1.78. The number of hydrogen-bond acceptors (Lipinski definition) is 5. The Morgan fingerprint density at radius 2 is 1.88 bits per heavy atom. The van der Waals surface area contributed by atoms with Gasteiger partial charge in [-0.3, -0.25) is 4.79 Å². The number of amides is 1. The molecule has 0 radical (unpaired) electrons. The fourth-order valence-electron chi connectivity index (χ4n) is 3.53. The van der Waals surface area contributed by atoms with E-state index in [1.807, 2.05) is 5.38 Å². The zero-order valence-electron chi connectivity index (χ0n) is 16.6. The number of nitrogens with zero attached hydrogens (tertiary/aromatic N) is 2. The van der Waals surface area contributed by atoms with Crippen LogP contribution in [0.1, 0.15) is 58.2 Å². The molecule has 0 spiro atoms. The van der Waals surface area contributed by atoms with Crippen LogP contribution in [0, 0.1) is 17.8 Å². The molecule has 3 atom stereocenters. The van der Waals surface area contributed by atoms with E-state index in [9.17, 15) is 13.2 Å². The van der Waals surface area contributed by atoms with Gasteiger partial charge in [0.05, 0.1) is 16.5 Å². The van der Waals surface area contributed by atoms with Crippen molar-refractivity contribution in [2.24, 2.45) is 17.8 Å². The smallest absolute Gasteiger partial charge is 0.240 e. The van der Waals surface area contributed by atoms with Crippen LogP contribution in [0.15, 0.2) is 5.38 Å². The largest absolute Gasteiger partial charge is 0.341 e. The fourth-order valence-corrected chi connectivity index (χ4v) is 5.71. The molecule has 2 rings (SSSR count). The Balaban J connectivity index is 2.01. The van der Waals surface area contributed by atoms with Crippen molar-refractivity contribution < 1.29 is 13.2 Å². The number of thiazole rings is 1. The molecule has 148 valence electrons. The summed E-state index contributed by atoms with van der Waals surface area (Å²) in [6, 6.07) is 0.